The number of carboxylic acid groups (broad SMARTS) is 1. The topological polar surface area (TPSA) is 66.6 Å². The standard InChI is InChI=1S/C14H20N2O2/c1-9-5-6-16(10(2)7-9)13-4-3-11(14(17)18)8-12(13)15/h3-4,8-10H,5-7,15H2,1-2H3,(H,17,18). The maximum Gasteiger partial charge on any atom is 0.335 e. The quantitative estimate of drug-likeness (QED) is 0.789. The third kappa shape index (κ3) is 2.42. The molecule has 4 heteroatoms. The number of piperidine rings is 1. The summed E-state index contributed by atoms with van der Waals surface area (Å²) >= 11 is 0. The number of aromatic carboxylic acids is 1. The Morgan fingerprint density at radius 3 is 2.72 bits per heavy atom. The van der Waals surface area contributed by atoms with Crippen LogP contribution >= 0.6 is 0 Å². The fraction of sp³-hybridized carbons (Fsp3) is 0.500. The first-order valence-corrected chi connectivity index (χ1v) is 6.38. The van der Waals surface area contributed by atoms with Gasteiger partial charge in [0.15, 0.2) is 0 Å². The summed E-state index contributed by atoms with van der Waals surface area (Å²) in [5.74, 6) is -0.190. The molecule has 4 nitrogen and oxygen atoms in total. The van der Waals surface area contributed by atoms with Gasteiger partial charge in [0, 0.05) is 12.6 Å². The molecule has 1 fully saturated rings. The Kier molecular flexibility index (Phi) is 3.45. The van der Waals surface area contributed by atoms with Crippen LogP contribution in [0.4, 0.5) is 11.4 Å². The minimum absolute atomic E-state index is 0.245. The minimum atomic E-state index is -0.937. The average Bonchev–Trinajstić information content (AvgIpc) is 2.30. The van der Waals surface area contributed by atoms with Crippen molar-refractivity contribution in [1.29, 1.82) is 0 Å². The molecule has 0 amide bonds. The van der Waals surface area contributed by atoms with Crippen molar-refractivity contribution in [3.63, 3.8) is 0 Å². The molecule has 18 heavy (non-hydrogen) atoms. The molecule has 1 aliphatic heterocycles. The third-order valence-corrected chi connectivity index (χ3v) is 3.72. The zero-order chi connectivity index (χ0) is 13.3. The zero-order valence-corrected chi connectivity index (χ0v) is 10.9. The van der Waals surface area contributed by atoms with Crippen molar-refractivity contribution in [1.82, 2.24) is 0 Å². The van der Waals surface area contributed by atoms with Crippen molar-refractivity contribution in [2.45, 2.75) is 32.7 Å². The van der Waals surface area contributed by atoms with Gasteiger partial charge in [-0.3, -0.25) is 0 Å². The summed E-state index contributed by atoms with van der Waals surface area (Å²) in [5.41, 5.74) is 7.74. The van der Waals surface area contributed by atoms with Gasteiger partial charge in [0.1, 0.15) is 0 Å². The van der Waals surface area contributed by atoms with Crippen LogP contribution in [-0.2, 0) is 0 Å². The van der Waals surface area contributed by atoms with E-state index in [1.807, 2.05) is 6.07 Å². The highest BCUT2D eigenvalue weighted by Crippen LogP contribution is 2.32. The van der Waals surface area contributed by atoms with Gasteiger partial charge in [-0.2, -0.15) is 0 Å². The number of rotatable bonds is 2. The first-order valence-electron chi connectivity index (χ1n) is 6.38. The number of carbonyl (C=O) groups is 1. The lowest BCUT2D eigenvalue weighted by Crippen LogP contribution is -2.40. The van der Waals surface area contributed by atoms with E-state index in [1.54, 1.807) is 12.1 Å². The molecule has 1 aromatic carbocycles. The van der Waals surface area contributed by atoms with E-state index in [4.69, 9.17) is 10.8 Å². The summed E-state index contributed by atoms with van der Waals surface area (Å²) in [5, 5.41) is 8.93. The number of nitrogens with two attached hydrogens (primary N) is 1. The highest BCUT2D eigenvalue weighted by Gasteiger charge is 2.24. The van der Waals surface area contributed by atoms with Gasteiger partial charge in [0.2, 0.25) is 0 Å². The Hall–Kier alpha value is -1.71. The summed E-state index contributed by atoms with van der Waals surface area (Å²) in [6, 6.07) is 5.44. The largest absolute Gasteiger partial charge is 0.478 e. The van der Waals surface area contributed by atoms with E-state index in [1.165, 1.54) is 0 Å². The lowest BCUT2D eigenvalue weighted by molar-refractivity contribution is 0.0697. The van der Waals surface area contributed by atoms with Crippen molar-refractivity contribution in [2.75, 3.05) is 17.2 Å². The highest BCUT2D eigenvalue weighted by molar-refractivity contribution is 5.90. The molecule has 1 aromatic rings. The monoisotopic (exact) mass is 248 g/mol. The Bertz CT molecular complexity index is 459. The molecule has 3 N–H and O–H groups in total. The van der Waals surface area contributed by atoms with Crippen molar-refractivity contribution >= 4 is 17.3 Å². The number of hydrogen-bond donors (Lipinski definition) is 2. The lowest BCUT2D eigenvalue weighted by atomic mass is 9.92. The number of nitrogens with zero attached hydrogens (tertiary/aromatic N) is 1. The number of hydrogen-bond acceptors (Lipinski definition) is 3. The summed E-state index contributed by atoms with van der Waals surface area (Å²) in [6.07, 6.45) is 2.31. The van der Waals surface area contributed by atoms with Crippen LogP contribution in [0.1, 0.15) is 37.0 Å². The summed E-state index contributed by atoms with van der Waals surface area (Å²) in [7, 11) is 0. The van der Waals surface area contributed by atoms with Crippen LogP contribution in [0, 0.1) is 5.92 Å². The van der Waals surface area contributed by atoms with Crippen LogP contribution < -0.4 is 10.6 Å². The van der Waals surface area contributed by atoms with E-state index < -0.39 is 5.97 Å². The molecule has 1 heterocycles. The van der Waals surface area contributed by atoms with E-state index in [9.17, 15) is 4.79 Å². The second-order valence-electron chi connectivity index (χ2n) is 5.25. The van der Waals surface area contributed by atoms with Crippen molar-refractivity contribution < 1.29 is 9.90 Å². The number of nitrogen functional groups attached to an aromatic ring is 1. The number of carboxylic acids is 1. The van der Waals surface area contributed by atoms with Gasteiger partial charge in [-0.15, -0.1) is 0 Å². The normalized spacial score (nSPS) is 24.0. The molecule has 0 bridgehead atoms. The first-order chi connectivity index (χ1) is 8.49. The second kappa shape index (κ2) is 4.88. The fourth-order valence-electron chi connectivity index (χ4n) is 2.71. The summed E-state index contributed by atoms with van der Waals surface area (Å²) < 4.78 is 0. The Morgan fingerprint density at radius 2 is 2.17 bits per heavy atom. The molecule has 2 rings (SSSR count). The van der Waals surface area contributed by atoms with Gasteiger partial charge in [0.05, 0.1) is 16.9 Å². The Labute approximate surface area is 107 Å². The van der Waals surface area contributed by atoms with Gasteiger partial charge in [0.25, 0.3) is 0 Å². The molecule has 0 spiro atoms. The molecule has 0 saturated carbocycles. The molecule has 1 saturated heterocycles. The molecular formula is C14H20N2O2. The van der Waals surface area contributed by atoms with Crippen molar-refractivity contribution in [3.05, 3.63) is 23.8 Å². The third-order valence-electron chi connectivity index (χ3n) is 3.72. The van der Waals surface area contributed by atoms with Crippen LogP contribution in [0.3, 0.4) is 0 Å². The predicted molar refractivity (Wildman–Crippen MR) is 73.0 cm³/mol. The van der Waals surface area contributed by atoms with Crippen molar-refractivity contribution in [3.8, 4) is 0 Å². The van der Waals surface area contributed by atoms with E-state index >= 15 is 0 Å². The smallest absolute Gasteiger partial charge is 0.335 e. The molecule has 2 atom stereocenters. The second-order valence-corrected chi connectivity index (χ2v) is 5.25. The Balaban J connectivity index is 2.26. The van der Waals surface area contributed by atoms with Crippen LogP contribution in [0.2, 0.25) is 0 Å². The summed E-state index contributed by atoms with van der Waals surface area (Å²) in [6.45, 7) is 5.45. The van der Waals surface area contributed by atoms with E-state index in [-0.39, 0.29) is 5.56 Å². The maximum absolute atomic E-state index is 10.9. The number of benzene rings is 1. The molecule has 2 unspecified atom stereocenters. The van der Waals surface area contributed by atoms with E-state index in [2.05, 4.69) is 18.7 Å². The van der Waals surface area contributed by atoms with Gasteiger partial charge in [-0.25, -0.2) is 4.79 Å². The Morgan fingerprint density at radius 1 is 1.44 bits per heavy atom. The number of anilines is 2. The fourth-order valence-corrected chi connectivity index (χ4v) is 2.71. The molecule has 1 aliphatic rings. The maximum atomic E-state index is 10.9. The van der Waals surface area contributed by atoms with Crippen LogP contribution in [-0.4, -0.2) is 23.7 Å². The lowest BCUT2D eigenvalue weighted by Gasteiger charge is -2.38. The molecule has 0 aliphatic carbocycles. The van der Waals surface area contributed by atoms with Crippen LogP contribution in [0.15, 0.2) is 18.2 Å². The zero-order valence-electron chi connectivity index (χ0n) is 10.9. The van der Waals surface area contributed by atoms with Gasteiger partial charge in [-0.05, 0) is 43.9 Å². The van der Waals surface area contributed by atoms with Crippen molar-refractivity contribution in [2.24, 2.45) is 5.92 Å². The summed E-state index contributed by atoms with van der Waals surface area (Å²) in [4.78, 5) is 13.2. The van der Waals surface area contributed by atoms with E-state index in [0.29, 0.717) is 11.7 Å². The van der Waals surface area contributed by atoms with Gasteiger partial charge in [-0.1, -0.05) is 6.92 Å². The molecule has 98 valence electrons. The molecular weight excluding hydrogens is 228 g/mol. The van der Waals surface area contributed by atoms with Crippen LogP contribution in [0.5, 0.6) is 0 Å². The molecule has 0 radical (unpaired) electrons. The van der Waals surface area contributed by atoms with Gasteiger partial charge >= 0.3 is 5.97 Å². The molecule has 0 aromatic heterocycles. The van der Waals surface area contributed by atoms with E-state index in [0.717, 1.165) is 31.0 Å². The first kappa shape index (κ1) is 12.7. The van der Waals surface area contributed by atoms with Gasteiger partial charge < -0.3 is 15.7 Å². The average molecular weight is 248 g/mol. The van der Waals surface area contributed by atoms with Crippen LogP contribution in [0.25, 0.3) is 0 Å². The predicted octanol–water partition coefficient (Wildman–Crippen LogP) is 2.59. The SMILES string of the molecule is CC1CCN(c2ccc(C(=O)O)cc2N)C(C)C1. The minimum Gasteiger partial charge on any atom is -0.478 e. The highest BCUT2D eigenvalue weighted by atomic mass is 16.4.